The van der Waals surface area contributed by atoms with Crippen LogP contribution in [-0.4, -0.2) is 47.9 Å². The van der Waals surface area contributed by atoms with Crippen molar-refractivity contribution in [3.63, 3.8) is 0 Å². The van der Waals surface area contributed by atoms with E-state index in [2.05, 4.69) is 10.3 Å². The molecular weight excluding hydrogens is 470 g/mol. The molecule has 37 heavy (non-hydrogen) atoms. The molecule has 2 aromatic heterocycles. The highest BCUT2D eigenvalue weighted by atomic mass is 16.6. The summed E-state index contributed by atoms with van der Waals surface area (Å²) < 4.78 is 15.9. The van der Waals surface area contributed by atoms with Gasteiger partial charge in [0, 0.05) is 23.3 Å². The van der Waals surface area contributed by atoms with Gasteiger partial charge in [-0.1, -0.05) is 36.4 Å². The second-order valence-electron chi connectivity index (χ2n) is 9.32. The lowest BCUT2D eigenvalue weighted by atomic mass is 10.0. The van der Waals surface area contributed by atoms with Crippen LogP contribution in [0.25, 0.3) is 33.3 Å². The zero-order valence-electron chi connectivity index (χ0n) is 21.3. The molecule has 4 rings (SSSR count). The van der Waals surface area contributed by atoms with Gasteiger partial charge in [0.25, 0.3) is 0 Å². The number of hydrogen-bond acceptors (Lipinski definition) is 7. The Morgan fingerprint density at radius 2 is 1.57 bits per heavy atom. The number of ether oxygens (including phenoxy) is 3. The van der Waals surface area contributed by atoms with Crippen molar-refractivity contribution in [3.8, 4) is 28.1 Å². The predicted molar refractivity (Wildman–Crippen MR) is 141 cm³/mol. The smallest absolute Gasteiger partial charge is 0.407 e. The van der Waals surface area contributed by atoms with Gasteiger partial charge in [-0.05, 0) is 56.2 Å². The maximum absolute atomic E-state index is 12.3. The molecule has 2 aromatic carbocycles. The van der Waals surface area contributed by atoms with Crippen molar-refractivity contribution >= 4 is 23.0 Å². The van der Waals surface area contributed by atoms with E-state index in [4.69, 9.17) is 19.2 Å². The second kappa shape index (κ2) is 11.1. The van der Waals surface area contributed by atoms with Crippen LogP contribution in [0.3, 0.4) is 0 Å². The van der Waals surface area contributed by atoms with Gasteiger partial charge in [-0.2, -0.15) is 0 Å². The van der Waals surface area contributed by atoms with Crippen LogP contribution in [0.1, 0.15) is 31.1 Å². The number of nitrogens with one attached hydrogen (secondary N) is 1. The number of benzene rings is 2. The molecule has 1 amide bonds. The summed E-state index contributed by atoms with van der Waals surface area (Å²) in [5.74, 6) is 0.276. The number of carbonyl (C=O) groups excluding carboxylic acids is 2. The van der Waals surface area contributed by atoms with Crippen LogP contribution < -0.4 is 10.1 Å². The zero-order chi connectivity index (χ0) is 26.4. The van der Waals surface area contributed by atoms with Crippen molar-refractivity contribution in [2.45, 2.75) is 26.4 Å². The molecule has 0 saturated carbocycles. The summed E-state index contributed by atoms with van der Waals surface area (Å²) in [4.78, 5) is 32.8. The lowest BCUT2D eigenvalue weighted by molar-refractivity contribution is 0.0519. The number of methoxy groups -OCH3 is 1. The van der Waals surface area contributed by atoms with Gasteiger partial charge in [0.15, 0.2) is 0 Å². The Balaban J connectivity index is 1.41. The van der Waals surface area contributed by atoms with E-state index in [1.165, 1.54) is 7.11 Å². The minimum absolute atomic E-state index is 0.329. The van der Waals surface area contributed by atoms with E-state index in [1.807, 2.05) is 69.3 Å². The summed E-state index contributed by atoms with van der Waals surface area (Å²) in [6.45, 7) is 6.12. The van der Waals surface area contributed by atoms with Crippen LogP contribution in [0.15, 0.2) is 73.1 Å². The highest BCUT2D eigenvalue weighted by Gasteiger charge is 2.16. The number of fused-ring (bicyclic) bond motifs is 1. The Morgan fingerprint density at radius 3 is 2.22 bits per heavy atom. The molecule has 0 bridgehead atoms. The SMILES string of the molecule is COC(=O)c1cc(-c2ccc(-c3ccc(OCCNC(=O)OC(C)(C)C)cc3)cc2)nc2ccncc12. The lowest BCUT2D eigenvalue weighted by Gasteiger charge is -2.19. The fourth-order valence-corrected chi connectivity index (χ4v) is 3.71. The normalized spacial score (nSPS) is 11.1. The first kappa shape index (κ1) is 25.6. The third-order valence-corrected chi connectivity index (χ3v) is 5.42. The van der Waals surface area contributed by atoms with Gasteiger partial charge in [-0.25, -0.2) is 14.6 Å². The Labute approximate surface area is 215 Å². The molecule has 8 heteroatoms. The van der Waals surface area contributed by atoms with E-state index in [0.717, 1.165) is 16.7 Å². The quantitative estimate of drug-likeness (QED) is 0.259. The molecule has 2 heterocycles. The molecule has 0 aliphatic carbocycles. The number of rotatable bonds is 7. The number of nitrogens with zero attached hydrogens (tertiary/aromatic N) is 2. The Bertz CT molecular complexity index is 1390. The number of aromatic nitrogens is 2. The van der Waals surface area contributed by atoms with Crippen molar-refractivity contribution in [3.05, 3.63) is 78.6 Å². The second-order valence-corrected chi connectivity index (χ2v) is 9.32. The molecular formula is C29H29N3O5. The van der Waals surface area contributed by atoms with Crippen LogP contribution in [0, 0.1) is 0 Å². The van der Waals surface area contributed by atoms with Gasteiger partial charge in [-0.15, -0.1) is 0 Å². The van der Waals surface area contributed by atoms with Gasteiger partial charge < -0.3 is 19.5 Å². The molecule has 190 valence electrons. The van der Waals surface area contributed by atoms with Crippen LogP contribution >= 0.6 is 0 Å². The molecule has 0 aliphatic rings. The third kappa shape index (κ3) is 6.61. The van der Waals surface area contributed by atoms with Crippen LogP contribution in [0.2, 0.25) is 0 Å². The molecule has 0 radical (unpaired) electrons. The van der Waals surface area contributed by atoms with Crippen molar-refractivity contribution in [2.75, 3.05) is 20.3 Å². The van der Waals surface area contributed by atoms with Gasteiger partial charge in [0.2, 0.25) is 0 Å². The van der Waals surface area contributed by atoms with E-state index >= 15 is 0 Å². The number of alkyl carbamates (subject to hydrolysis) is 1. The van der Waals surface area contributed by atoms with Crippen LogP contribution in [0.4, 0.5) is 4.79 Å². The average Bonchev–Trinajstić information content (AvgIpc) is 2.89. The summed E-state index contributed by atoms with van der Waals surface area (Å²) in [6, 6.07) is 19.2. The number of esters is 1. The first-order valence-corrected chi connectivity index (χ1v) is 11.9. The van der Waals surface area contributed by atoms with Gasteiger partial charge in [0.05, 0.1) is 30.4 Å². The third-order valence-electron chi connectivity index (χ3n) is 5.42. The fraction of sp³-hybridized carbons (Fsp3) is 0.241. The Morgan fingerprint density at radius 1 is 0.919 bits per heavy atom. The molecule has 4 aromatic rings. The molecule has 0 atom stereocenters. The van der Waals surface area contributed by atoms with Crippen molar-refractivity contribution in [1.29, 1.82) is 0 Å². The minimum atomic E-state index is -0.533. The topological polar surface area (TPSA) is 99.6 Å². The average molecular weight is 500 g/mol. The van der Waals surface area contributed by atoms with Crippen LogP contribution in [-0.2, 0) is 9.47 Å². The molecule has 0 unspecified atom stereocenters. The van der Waals surface area contributed by atoms with Gasteiger partial charge in [0.1, 0.15) is 18.0 Å². The summed E-state index contributed by atoms with van der Waals surface area (Å²) in [7, 11) is 1.36. The Hall–Kier alpha value is -4.46. The summed E-state index contributed by atoms with van der Waals surface area (Å²) in [6.07, 6.45) is 2.80. The molecule has 8 nitrogen and oxygen atoms in total. The standard InChI is InChI=1S/C29H29N3O5/c1-29(2,3)37-28(34)31-15-16-36-22-11-9-20(10-12-22)19-5-7-21(8-6-19)26-17-23(27(33)35-4)24-18-30-14-13-25(24)32-26/h5-14,17-18H,15-16H2,1-4H3,(H,31,34). The van der Waals surface area contributed by atoms with Crippen molar-refractivity contribution < 1.29 is 23.8 Å². The number of amides is 1. The van der Waals surface area contributed by atoms with E-state index in [0.29, 0.717) is 41.1 Å². The van der Waals surface area contributed by atoms with E-state index < -0.39 is 17.7 Å². The highest BCUT2D eigenvalue weighted by Crippen LogP contribution is 2.28. The number of hydrogen-bond donors (Lipinski definition) is 1. The van der Waals surface area contributed by atoms with Gasteiger partial charge >= 0.3 is 12.1 Å². The summed E-state index contributed by atoms with van der Waals surface area (Å²) >= 11 is 0. The predicted octanol–water partition coefficient (Wildman–Crippen LogP) is 5.65. The molecule has 0 aliphatic heterocycles. The van der Waals surface area contributed by atoms with E-state index in [9.17, 15) is 9.59 Å². The maximum Gasteiger partial charge on any atom is 0.407 e. The monoisotopic (exact) mass is 499 g/mol. The first-order chi connectivity index (χ1) is 17.7. The maximum atomic E-state index is 12.3. The number of pyridine rings is 2. The largest absolute Gasteiger partial charge is 0.492 e. The van der Waals surface area contributed by atoms with Crippen molar-refractivity contribution in [1.82, 2.24) is 15.3 Å². The zero-order valence-corrected chi connectivity index (χ0v) is 21.3. The molecule has 1 N–H and O–H groups in total. The van der Waals surface area contributed by atoms with E-state index in [1.54, 1.807) is 24.5 Å². The van der Waals surface area contributed by atoms with Crippen LogP contribution in [0.5, 0.6) is 5.75 Å². The lowest BCUT2D eigenvalue weighted by Crippen LogP contribution is -2.34. The molecule has 0 saturated heterocycles. The Kier molecular flexibility index (Phi) is 7.67. The molecule has 0 spiro atoms. The summed E-state index contributed by atoms with van der Waals surface area (Å²) in [5.41, 5.74) is 4.18. The molecule has 0 fully saturated rings. The highest BCUT2D eigenvalue weighted by molar-refractivity contribution is 6.04. The number of carbonyl (C=O) groups is 2. The van der Waals surface area contributed by atoms with E-state index in [-0.39, 0.29) is 0 Å². The van der Waals surface area contributed by atoms with Gasteiger partial charge in [-0.3, -0.25) is 4.98 Å². The first-order valence-electron chi connectivity index (χ1n) is 11.9. The minimum Gasteiger partial charge on any atom is -0.492 e. The summed E-state index contributed by atoms with van der Waals surface area (Å²) in [5, 5.41) is 3.32. The van der Waals surface area contributed by atoms with Crippen molar-refractivity contribution in [2.24, 2.45) is 0 Å². The fourth-order valence-electron chi connectivity index (χ4n) is 3.71.